The highest BCUT2D eigenvalue weighted by Gasteiger charge is 2.25. The van der Waals surface area contributed by atoms with Crippen molar-refractivity contribution in [2.75, 3.05) is 19.4 Å². The number of carbonyl (C=O) groups excluding carboxylic acids is 1. The van der Waals surface area contributed by atoms with Crippen LogP contribution in [0.15, 0.2) is 35.0 Å². The maximum absolute atomic E-state index is 12.1. The van der Waals surface area contributed by atoms with E-state index in [2.05, 4.69) is 34.3 Å². The van der Waals surface area contributed by atoms with E-state index in [0.717, 1.165) is 41.7 Å². The molecule has 0 bridgehead atoms. The SMILES string of the molecule is CN(C)C1CCc2oc3ccc(NC(=O)c4ncc[nH]4)cc3c2C1.O=C(O)CC(=O)O. The van der Waals surface area contributed by atoms with E-state index in [1.807, 2.05) is 18.2 Å². The number of benzene rings is 1. The zero-order valence-electron chi connectivity index (χ0n) is 17.2. The quantitative estimate of drug-likeness (QED) is 0.453. The third-order valence-electron chi connectivity index (χ3n) is 5.02. The number of likely N-dealkylation sites (N-methyl/N-ethyl adjacent to an activating group) is 1. The number of carbonyl (C=O) groups is 3. The molecule has 1 aliphatic rings. The Kier molecular flexibility index (Phi) is 6.71. The first-order valence-corrected chi connectivity index (χ1v) is 9.69. The standard InChI is InChI=1S/C18H20N4O2.C3H4O4/c1-22(2)12-4-6-16-14(10-12)13-9-11(3-5-15(13)24-16)21-18(23)17-19-7-8-20-17;4-2(5)1-3(6)7/h3,5,7-9,12H,4,6,10H2,1-2H3,(H,19,20)(H,21,23);1H2,(H,4,5)(H,6,7). The van der Waals surface area contributed by atoms with E-state index in [-0.39, 0.29) is 5.91 Å². The number of imidazole rings is 1. The number of furan rings is 1. The molecule has 3 aromatic rings. The first kappa shape index (κ1) is 22.0. The molecule has 0 aliphatic heterocycles. The number of fused-ring (bicyclic) bond motifs is 3. The predicted octanol–water partition coefficient (Wildman–Crippen LogP) is 2.37. The lowest BCUT2D eigenvalue weighted by atomic mass is 9.91. The van der Waals surface area contributed by atoms with Crippen molar-refractivity contribution in [1.82, 2.24) is 14.9 Å². The molecule has 0 saturated carbocycles. The fourth-order valence-electron chi connectivity index (χ4n) is 3.49. The summed E-state index contributed by atoms with van der Waals surface area (Å²) in [6, 6.07) is 6.31. The van der Waals surface area contributed by atoms with E-state index in [0.29, 0.717) is 11.9 Å². The van der Waals surface area contributed by atoms with Crippen LogP contribution in [0.3, 0.4) is 0 Å². The van der Waals surface area contributed by atoms with Gasteiger partial charge in [-0.2, -0.15) is 0 Å². The number of aromatic nitrogens is 2. The molecule has 10 heteroatoms. The molecule has 1 unspecified atom stereocenters. The van der Waals surface area contributed by atoms with Crippen molar-refractivity contribution < 1.29 is 29.0 Å². The summed E-state index contributed by atoms with van der Waals surface area (Å²) in [5.41, 5.74) is 2.90. The van der Waals surface area contributed by atoms with Crippen LogP contribution >= 0.6 is 0 Å². The van der Waals surface area contributed by atoms with Gasteiger partial charge in [0, 0.05) is 41.5 Å². The lowest BCUT2D eigenvalue weighted by molar-refractivity contribution is -0.147. The number of aromatic amines is 1. The molecular formula is C21H24N4O6. The maximum Gasteiger partial charge on any atom is 0.314 e. The van der Waals surface area contributed by atoms with Gasteiger partial charge in [0.15, 0.2) is 5.82 Å². The molecule has 1 aromatic carbocycles. The van der Waals surface area contributed by atoms with Gasteiger partial charge in [-0.05, 0) is 45.1 Å². The number of aryl methyl sites for hydroxylation is 1. The second-order valence-corrected chi connectivity index (χ2v) is 7.43. The molecule has 1 aliphatic carbocycles. The average Bonchev–Trinajstić information content (AvgIpc) is 3.35. The van der Waals surface area contributed by atoms with Crippen LogP contribution in [0.4, 0.5) is 5.69 Å². The van der Waals surface area contributed by atoms with Crippen molar-refractivity contribution in [1.29, 1.82) is 0 Å². The Labute approximate surface area is 177 Å². The van der Waals surface area contributed by atoms with Gasteiger partial charge in [0.2, 0.25) is 0 Å². The fourth-order valence-corrected chi connectivity index (χ4v) is 3.49. The first-order valence-electron chi connectivity index (χ1n) is 9.69. The number of anilines is 1. The number of amides is 1. The number of carboxylic acid groups (broad SMARTS) is 2. The molecule has 0 radical (unpaired) electrons. The minimum Gasteiger partial charge on any atom is -0.481 e. The molecule has 164 valence electrons. The Morgan fingerprint density at radius 3 is 2.58 bits per heavy atom. The molecule has 1 atom stereocenters. The lowest BCUT2D eigenvalue weighted by Crippen LogP contribution is -2.33. The van der Waals surface area contributed by atoms with Crippen molar-refractivity contribution in [2.45, 2.75) is 31.7 Å². The maximum atomic E-state index is 12.1. The van der Waals surface area contributed by atoms with E-state index in [4.69, 9.17) is 14.6 Å². The Bertz CT molecular complexity index is 1070. The number of nitrogens with one attached hydrogen (secondary N) is 2. The summed E-state index contributed by atoms with van der Waals surface area (Å²) in [5.74, 6) is -1.49. The second kappa shape index (κ2) is 9.43. The highest BCUT2D eigenvalue weighted by Crippen LogP contribution is 2.34. The van der Waals surface area contributed by atoms with Gasteiger partial charge in [-0.15, -0.1) is 0 Å². The van der Waals surface area contributed by atoms with E-state index >= 15 is 0 Å². The van der Waals surface area contributed by atoms with Crippen molar-refractivity contribution in [2.24, 2.45) is 0 Å². The highest BCUT2D eigenvalue weighted by molar-refractivity contribution is 6.02. The molecule has 10 nitrogen and oxygen atoms in total. The van der Waals surface area contributed by atoms with Gasteiger partial charge in [-0.25, -0.2) is 4.98 Å². The van der Waals surface area contributed by atoms with Gasteiger partial charge < -0.3 is 29.8 Å². The van der Waals surface area contributed by atoms with Crippen LogP contribution in [0.25, 0.3) is 11.0 Å². The molecule has 2 heterocycles. The van der Waals surface area contributed by atoms with Crippen LogP contribution < -0.4 is 5.32 Å². The Balaban J connectivity index is 0.000000339. The highest BCUT2D eigenvalue weighted by atomic mass is 16.4. The van der Waals surface area contributed by atoms with E-state index < -0.39 is 18.4 Å². The number of nitrogens with zero attached hydrogens (tertiary/aromatic N) is 2. The summed E-state index contributed by atoms with van der Waals surface area (Å²) in [5, 5.41) is 19.4. The van der Waals surface area contributed by atoms with Crippen LogP contribution in [-0.2, 0) is 22.4 Å². The third-order valence-corrected chi connectivity index (χ3v) is 5.02. The van der Waals surface area contributed by atoms with Crippen molar-refractivity contribution in [3.05, 3.63) is 47.7 Å². The summed E-state index contributed by atoms with van der Waals surface area (Å²) in [6.45, 7) is 0. The number of aliphatic carboxylic acids is 2. The number of rotatable bonds is 5. The number of hydrogen-bond donors (Lipinski definition) is 4. The summed E-state index contributed by atoms with van der Waals surface area (Å²) in [4.78, 5) is 40.1. The molecule has 1 amide bonds. The summed E-state index contributed by atoms with van der Waals surface area (Å²) in [6.07, 6.45) is 5.44. The summed E-state index contributed by atoms with van der Waals surface area (Å²) in [7, 11) is 4.24. The summed E-state index contributed by atoms with van der Waals surface area (Å²) >= 11 is 0. The molecule has 2 aromatic heterocycles. The number of H-pyrrole nitrogens is 1. The van der Waals surface area contributed by atoms with Crippen LogP contribution in [-0.4, -0.2) is 63.1 Å². The molecule has 0 spiro atoms. The first-order chi connectivity index (χ1) is 14.7. The van der Waals surface area contributed by atoms with Crippen LogP contribution in [0.5, 0.6) is 0 Å². The predicted molar refractivity (Wildman–Crippen MR) is 112 cm³/mol. The zero-order valence-corrected chi connectivity index (χ0v) is 17.2. The number of hydrogen-bond acceptors (Lipinski definition) is 6. The van der Waals surface area contributed by atoms with Gasteiger partial charge in [0.05, 0.1) is 0 Å². The van der Waals surface area contributed by atoms with Gasteiger partial charge in [-0.3, -0.25) is 14.4 Å². The molecule has 0 saturated heterocycles. The molecule has 4 rings (SSSR count). The average molecular weight is 428 g/mol. The largest absolute Gasteiger partial charge is 0.481 e. The molecule has 31 heavy (non-hydrogen) atoms. The third kappa shape index (κ3) is 5.48. The van der Waals surface area contributed by atoms with Gasteiger partial charge in [0.1, 0.15) is 17.8 Å². The van der Waals surface area contributed by atoms with Crippen LogP contribution in [0, 0.1) is 0 Å². The van der Waals surface area contributed by atoms with E-state index in [9.17, 15) is 14.4 Å². The van der Waals surface area contributed by atoms with Crippen molar-refractivity contribution in [3.8, 4) is 0 Å². The van der Waals surface area contributed by atoms with E-state index in [1.54, 1.807) is 12.4 Å². The van der Waals surface area contributed by atoms with Crippen LogP contribution in [0.2, 0.25) is 0 Å². The van der Waals surface area contributed by atoms with E-state index in [1.165, 1.54) is 5.56 Å². The Morgan fingerprint density at radius 1 is 1.26 bits per heavy atom. The normalized spacial score (nSPS) is 15.1. The van der Waals surface area contributed by atoms with Gasteiger partial charge in [-0.1, -0.05) is 0 Å². The Morgan fingerprint density at radius 2 is 2.00 bits per heavy atom. The minimum atomic E-state index is -1.31. The monoisotopic (exact) mass is 428 g/mol. The van der Waals surface area contributed by atoms with Crippen LogP contribution in [0.1, 0.15) is 34.8 Å². The van der Waals surface area contributed by atoms with Gasteiger partial charge >= 0.3 is 11.9 Å². The van der Waals surface area contributed by atoms with Crippen molar-refractivity contribution >= 4 is 34.5 Å². The molecular weight excluding hydrogens is 404 g/mol. The lowest BCUT2D eigenvalue weighted by Gasteiger charge is -2.27. The second-order valence-electron chi connectivity index (χ2n) is 7.43. The molecule has 4 N–H and O–H groups in total. The van der Waals surface area contributed by atoms with Gasteiger partial charge in [0.25, 0.3) is 5.91 Å². The van der Waals surface area contributed by atoms with Crippen molar-refractivity contribution in [3.63, 3.8) is 0 Å². The smallest absolute Gasteiger partial charge is 0.314 e. The fraction of sp³-hybridized carbons (Fsp3) is 0.333. The number of carboxylic acids is 2. The molecule has 0 fully saturated rings. The summed E-state index contributed by atoms with van der Waals surface area (Å²) < 4.78 is 6.00. The Hall–Kier alpha value is -3.66. The zero-order chi connectivity index (χ0) is 22.5. The minimum absolute atomic E-state index is 0.247. The topological polar surface area (TPSA) is 149 Å².